The molecule has 0 bridgehead atoms. The maximum Gasteiger partial charge on any atom is 0.253 e. The number of rotatable bonds is 4. The Balaban J connectivity index is 2.90. The van der Waals surface area contributed by atoms with Crippen molar-refractivity contribution in [3.05, 3.63) is 29.3 Å². The van der Waals surface area contributed by atoms with Crippen LogP contribution < -0.4 is 11.1 Å². The van der Waals surface area contributed by atoms with Crippen LogP contribution in [-0.2, 0) is 4.79 Å². The van der Waals surface area contributed by atoms with Gasteiger partial charge >= 0.3 is 0 Å². The average molecular weight is 263 g/mol. The van der Waals surface area contributed by atoms with Crippen LogP contribution in [0.5, 0.6) is 0 Å². The molecule has 1 atom stereocenters. The van der Waals surface area contributed by atoms with E-state index in [-0.39, 0.29) is 24.3 Å². The molecule has 0 heterocycles. The van der Waals surface area contributed by atoms with E-state index in [9.17, 15) is 9.59 Å². The first kappa shape index (κ1) is 15.2. The van der Waals surface area contributed by atoms with Crippen molar-refractivity contribution in [2.75, 3.05) is 19.4 Å². The van der Waals surface area contributed by atoms with E-state index in [2.05, 4.69) is 5.32 Å². The second-order valence-corrected chi connectivity index (χ2v) is 4.96. The van der Waals surface area contributed by atoms with Crippen molar-refractivity contribution in [3.8, 4) is 0 Å². The summed E-state index contributed by atoms with van der Waals surface area (Å²) in [6.45, 7) is 3.64. The monoisotopic (exact) mass is 263 g/mol. The van der Waals surface area contributed by atoms with Crippen molar-refractivity contribution in [3.63, 3.8) is 0 Å². The van der Waals surface area contributed by atoms with Crippen molar-refractivity contribution in [2.45, 2.75) is 26.3 Å². The van der Waals surface area contributed by atoms with E-state index in [0.29, 0.717) is 11.3 Å². The number of hydrogen-bond donors (Lipinski definition) is 2. The minimum Gasteiger partial charge on any atom is -0.345 e. The number of aryl methyl sites for hydroxylation is 1. The van der Waals surface area contributed by atoms with E-state index in [4.69, 9.17) is 5.73 Å². The highest BCUT2D eigenvalue weighted by molar-refractivity contribution is 5.98. The number of nitrogens with two attached hydrogens (primary N) is 1. The van der Waals surface area contributed by atoms with Gasteiger partial charge in [-0.1, -0.05) is 6.07 Å². The number of nitrogens with zero attached hydrogens (tertiary/aromatic N) is 1. The summed E-state index contributed by atoms with van der Waals surface area (Å²) in [5, 5.41) is 2.74. The summed E-state index contributed by atoms with van der Waals surface area (Å²) in [4.78, 5) is 25.1. The first-order valence-corrected chi connectivity index (χ1v) is 6.19. The Morgan fingerprint density at radius 2 is 2.00 bits per heavy atom. The summed E-state index contributed by atoms with van der Waals surface area (Å²) < 4.78 is 0. The van der Waals surface area contributed by atoms with Gasteiger partial charge in [0.1, 0.15) is 0 Å². The molecule has 19 heavy (non-hydrogen) atoms. The van der Waals surface area contributed by atoms with Crippen LogP contribution in [0.25, 0.3) is 0 Å². The Hall–Kier alpha value is -1.88. The molecule has 0 fully saturated rings. The molecule has 5 heteroatoms. The largest absolute Gasteiger partial charge is 0.345 e. The topological polar surface area (TPSA) is 75.4 Å². The van der Waals surface area contributed by atoms with E-state index in [1.54, 1.807) is 33.2 Å². The first-order valence-electron chi connectivity index (χ1n) is 6.19. The van der Waals surface area contributed by atoms with Crippen molar-refractivity contribution in [2.24, 2.45) is 5.73 Å². The number of amides is 2. The van der Waals surface area contributed by atoms with E-state index in [0.717, 1.165) is 5.56 Å². The zero-order valence-corrected chi connectivity index (χ0v) is 11.9. The molecule has 0 saturated carbocycles. The Kier molecular flexibility index (Phi) is 5.06. The molecule has 0 aromatic heterocycles. The molecular formula is C14H21N3O2. The fourth-order valence-electron chi connectivity index (χ4n) is 1.68. The van der Waals surface area contributed by atoms with Gasteiger partial charge in [-0.25, -0.2) is 0 Å². The quantitative estimate of drug-likeness (QED) is 0.861. The molecule has 104 valence electrons. The number of carbonyl (C=O) groups excluding carboxylic acids is 2. The minimum absolute atomic E-state index is 0.0826. The van der Waals surface area contributed by atoms with Crippen molar-refractivity contribution < 1.29 is 9.59 Å². The van der Waals surface area contributed by atoms with Gasteiger partial charge in [-0.2, -0.15) is 0 Å². The van der Waals surface area contributed by atoms with E-state index in [1.807, 2.05) is 13.0 Å². The fraction of sp³-hybridized carbons (Fsp3) is 0.429. The van der Waals surface area contributed by atoms with Crippen LogP contribution in [0.2, 0.25) is 0 Å². The van der Waals surface area contributed by atoms with Crippen LogP contribution in [0, 0.1) is 6.92 Å². The van der Waals surface area contributed by atoms with Crippen LogP contribution in [0.15, 0.2) is 18.2 Å². The molecule has 3 N–H and O–H groups in total. The molecule has 0 saturated heterocycles. The number of anilines is 1. The van der Waals surface area contributed by atoms with Crippen LogP contribution in [0.3, 0.4) is 0 Å². The molecule has 0 aliphatic rings. The molecule has 1 aromatic rings. The molecule has 0 aliphatic carbocycles. The summed E-state index contributed by atoms with van der Waals surface area (Å²) >= 11 is 0. The zero-order valence-electron chi connectivity index (χ0n) is 11.9. The first-order chi connectivity index (χ1) is 8.81. The SMILES string of the molecule is Cc1ccc(NC(=O)CC(C)N)cc1C(=O)N(C)C. The lowest BCUT2D eigenvalue weighted by Crippen LogP contribution is -2.25. The van der Waals surface area contributed by atoms with Gasteiger partial charge in [0, 0.05) is 37.8 Å². The number of carbonyl (C=O) groups is 2. The van der Waals surface area contributed by atoms with Gasteiger partial charge in [0.05, 0.1) is 0 Å². The van der Waals surface area contributed by atoms with E-state index in [1.165, 1.54) is 4.90 Å². The third-order valence-electron chi connectivity index (χ3n) is 2.67. The van der Waals surface area contributed by atoms with E-state index >= 15 is 0 Å². The lowest BCUT2D eigenvalue weighted by Gasteiger charge is -2.14. The third kappa shape index (κ3) is 4.37. The molecule has 1 rings (SSSR count). The summed E-state index contributed by atoms with van der Waals surface area (Å²) in [5.41, 5.74) is 7.65. The predicted octanol–water partition coefficient (Wildman–Crippen LogP) is 1.37. The maximum atomic E-state index is 12.0. The second kappa shape index (κ2) is 6.33. The molecule has 0 spiro atoms. The van der Waals surface area contributed by atoms with Gasteiger partial charge in [-0.05, 0) is 31.5 Å². The van der Waals surface area contributed by atoms with Gasteiger partial charge < -0.3 is 16.0 Å². The van der Waals surface area contributed by atoms with Gasteiger partial charge in [0.15, 0.2) is 0 Å². The normalized spacial score (nSPS) is 11.8. The fourth-order valence-corrected chi connectivity index (χ4v) is 1.68. The highest BCUT2D eigenvalue weighted by atomic mass is 16.2. The molecule has 1 aromatic carbocycles. The van der Waals surface area contributed by atoms with Gasteiger partial charge in [-0.15, -0.1) is 0 Å². The van der Waals surface area contributed by atoms with Gasteiger partial charge in [-0.3, -0.25) is 9.59 Å². The van der Waals surface area contributed by atoms with Crippen molar-refractivity contribution in [1.29, 1.82) is 0 Å². The van der Waals surface area contributed by atoms with E-state index < -0.39 is 0 Å². The van der Waals surface area contributed by atoms with Crippen molar-refractivity contribution >= 4 is 17.5 Å². The van der Waals surface area contributed by atoms with Crippen molar-refractivity contribution in [1.82, 2.24) is 4.90 Å². The molecule has 1 unspecified atom stereocenters. The van der Waals surface area contributed by atoms with Crippen LogP contribution in [-0.4, -0.2) is 36.9 Å². The summed E-state index contributed by atoms with van der Waals surface area (Å²) in [6, 6.07) is 5.10. The zero-order chi connectivity index (χ0) is 14.6. The Labute approximate surface area is 113 Å². The summed E-state index contributed by atoms with van der Waals surface area (Å²) in [6.07, 6.45) is 0.255. The number of benzene rings is 1. The Morgan fingerprint density at radius 3 is 2.53 bits per heavy atom. The predicted molar refractivity (Wildman–Crippen MR) is 76.1 cm³/mol. The molecule has 5 nitrogen and oxygen atoms in total. The number of hydrogen-bond acceptors (Lipinski definition) is 3. The minimum atomic E-state index is -0.187. The van der Waals surface area contributed by atoms with Crippen LogP contribution in [0.4, 0.5) is 5.69 Å². The van der Waals surface area contributed by atoms with Crippen LogP contribution >= 0.6 is 0 Å². The highest BCUT2D eigenvalue weighted by Gasteiger charge is 2.13. The smallest absolute Gasteiger partial charge is 0.253 e. The van der Waals surface area contributed by atoms with Gasteiger partial charge in [0.2, 0.25) is 5.91 Å². The molecular weight excluding hydrogens is 242 g/mol. The molecule has 2 amide bonds. The summed E-state index contributed by atoms with van der Waals surface area (Å²) in [7, 11) is 3.40. The standard InChI is InChI=1S/C14H21N3O2/c1-9-5-6-11(16-13(18)7-10(2)15)8-12(9)14(19)17(3)4/h5-6,8,10H,7,15H2,1-4H3,(H,16,18). The van der Waals surface area contributed by atoms with Gasteiger partial charge in [0.25, 0.3) is 5.91 Å². The lowest BCUT2D eigenvalue weighted by atomic mass is 10.1. The highest BCUT2D eigenvalue weighted by Crippen LogP contribution is 2.17. The third-order valence-corrected chi connectivity index (χ3v) is 2.67. The van der Waals surface area contributed by atoms with Crippen LogP contribution in [0.1, 0.15) is 29.3 Å². The molecule has 0 radical (unpaired) electrons. The average Bonchev–Trinajstić information content (AvgIpc) is 2.29. The lowest BCUT2D eigenvalue weighted by molar-refractivity contribution is -0.116. The summed E-state index contributed by atoms with van der Waals surface area (Å²) in [5.74, 6) is -0.233. The molecule has 0 aliphatic heterocycles. The Morgan fingerprint density at radius 1 is 1.37 bits per heavy atom. The second-order valence-electron chi connectivity index (χ2n) is 4.96. The number of nitrogens with one attached hydrogen (secondary N) is 1. The Bertz CT molecular complexity index is 482. The maximum absolute atomic E-state index is 12.0.